The zero-order valence-electron chi connectivity index (χ0n) is 11.2. The summed E-state index contributed by atoms with van der Waals surface area (Å²) in [7, 11) is 1.68. The monoisotopic (exact) mass is 281 g/mol. The number of hydrogen-bond acceptors (Lipinski definition) is 3. The molecule has 0 atom stereocenters. The third-order valence-corrected chi connectivity index (χ3v) is 4.10. The van der Waals surface area contributed by atoms with Crippen LogP contribution in [0.1, 0.15) is 5.56 Å². The van der Waals surface area contributed by atoms with E-state index in [-0.39, 0.29) is 0 Å². The van der Waals surface area contributed by atoms with Gasteiger partial charge in [0.25, 0.3) is 0 Å². The Morgan fingerprint density at radius 1 is 1.00 bits per heavy atom. The van der Waals surface area contributed by atoms with E-state index in [4.69, 9.17) is 4.74 Å². The van der Waals surface area contributed by atoms with Gasteiger partial charge in [-0.2, -0.15) is 0 Å². The third kappa shape index (κ3) is 2.94. The van der Waals surface area contributed by atoms with E-state index in [0.29, 0.717) is 0 Å². The van der Waals surface area contributed by atoms with Crippen LogP contribution in [-0.4, -0.2) is 12.1 Å². The van der Waals surface area contributed by atoms with E-state index < -0.39 is 0 Å². The molecule has 0 aliphatic carbocycles. The number of benzene rings is 2. The molecule has 0 N–H and O–H groups in total. The molecule has 0 saturated carbocycles. The molecule has 100 valence electrons. The second-order valence-electron chi connectivity index (χ2n) is 4.48. The Balaban J connectivity index is 1.79. The van der Waals surface area contributed by atoms with Gasteiger partial charge in [0.1, 0.15) is 5.75 Å². The van der Waals surface area contributed by atoms with Gasteiger partial charge in [0, 0.05) is 11.1 Å². The molecular formula is C17H15NOS. The largest absolute Gasteiger partial charge is 0.497 e. The number of pyridine rings is 1. The predicted octanol–water partition coefficient (Wildman–Crippen LogP) is 4.54. The van der Waals surface area contributed by atoms with Crippen LogP contribution in [-0.2, 0) is 5.75 Å². The van der Waals surface area contributed by atoms with Crippen molar-refractivity contribution in [2.75, 3.05) is 7.11 Å². The number of hydrogen-bond donors (Lipinski definition) is 0. The lowest BCUT2D eigenvalue weighted by Gasteiger charge is -2.05. The van der Waals surface area contributed by atoms with Gasteiger partial charge in [-0.3, -0.25) is 0 Å². The number of fused-ring (bicyclic) bond motifs is 1. The Bertz CT molecular complexity index is 713. The first kappa shape index (κ1) is 13.0. The maximum atomic E-state index is 5.22. The molecule has 0 saturated heterocycles. The quantitative estimate of drug-likeness (QED) is 0.656. The normalized spacial score (nSPS) is 10.7. The molecule has 20 heavy (non-hydrogen) atoms. The molecule has 0 fully saturated rings. The first-order valence-electron chi connectivity index (χ1n) is 6.47. The fourth-order valence-corrected chi connectivity index (χ4v) is 2.86. The van der Waals surface area contributed by atoms with Crippen LogP contribution in [0, 0.1) is 0 Å². The molecule has 1 heterocycles. The number of methoxy groups -OCH3 is 1. The molecule has 0 aliphatic heterocycles. The summed E-state index contributed by atoms with van der Waals surface area (Å²) in [6, 6.07) is 20.6. The molecule has 0 aliphatic rings. The highest BCUT2D eigenvalue weighted by atomic mass is 32.2. The van der Waals surface area contributed by atoms with Gasteiger partial charge in [-0.1, -0.05) is 30.3 Å². The minimum Gasteiger partial charge on any atom is -0.497 e. The summed E-state index contributed by atoms with van der Waals surface area (Å²) in [6.07, 6.45) is 0. The van der Waals surface area contributed by atoms with Gasteiger partial charge in [0.05, 0.1) is 17.7 Å². The summed E-state index contributed by atoms with van der Waals surface area (Å²) < 4.78 is 5.22. The molecule has 3 heteroatoms. The lowest BCUT2D eigenvalue weighted by Crippen LogP contribution is -1.86. The fraction of sp³-hybridized carbons (Fsp3) is 0.118. The standard InChI is InChI=1S/C17H15NOS/c1-19-15-8-9-16-14(11-15)7-10-17(18-16)20-12-13-5-3-2-4-6-13/h2-11H,12H2,1H3. The highest BCUT2D eigenvalue weighted by Crippen LogP contribution is 2.25. The van der Waals surface area contributed by atoms with E-state index in [0.717, 1.165) is 27.4 Å². The summed E-state index contributed by atoms with van der Waals surface area (Å²) in [4.78, 5) is 4.67. The highest BCUT2D eigenvalue weighted by molar-refractivity contribution is 7.98. The molecule has 2 nitrogen and oxygen atoms in total. The van der Waals surface area contributed by atoms with Gasteiger partial charge in [0.2, 0.25) is 0 Å². The summed E-state index contributed by atoms with van der Waals surface area (Å²) in [5.41, 5.74) is 2.32. The molecule has 0 unspecified atom stereocenters. The van der Waals surface area contributed by atoms with E-state index in [2.05, 4.69) is 41.4 Å². The van der Waals surface area contributed by atoms with Gasteiger partial charge in [-0.05, 0) is 35.9 Å². The number of rotatable bonds is 4. The Morgan fingerprint density at radius 2 is 1.85 bits per heavy atom. The number of aromatic nitrogens is 1. The van der Waals surface area contributed by atoms with E-state index in [9.17, 15) is 0 Å². The molecule has 0 amide bonds. The van der Waals surface area contributed by atoms with Crippen molar-refractivity contribution in [3.63, 3.8) is 0 Å². The molecule has 0 spiro atoms. The van der Waals surface area contributed by atoms with Gasteiger partial charge in [-0.25, -0.2) is 4.98 Å². The van der Waals surface area contributed by atoms with Crippen molar-refractivity contribution < 1.29 is 4.74 Å². The van der Waals surface area contributed by atoms with Crippen LogP contribution in [0.3, 0.4) is 0 Å². The van der Waals surface area contributed by atoms with Crippen LogP contribution in [0.2, 0.25) is 0 Å². The van der Waals surface area contributed by atoms with Gasteiger partial charge in [-0.15, -0.1) is 11.8 Å². The van der Waals surface area contributed by atoms with Crippen LogP contribution in [0.15, 0.2) is 65.7 Å². The molecule has 1 aromatic heterocycles. The number of ether oxygens (including phenoxy) is 1. The minimum absolute atomic E-state index is 0.865. The maximum absolute atomic E-state index is 5.22. The predicted molar refractivity (Wildman–Crippen MR) is 84.3 cm³/mol. The van der Waals surface area contributed by atoms with Crippen molar-refractivity contribution in [1.29, 1.82) is 0 Å². The van der Waals surface area contributed by atoms with Gasteiger partial charge < -0.3 is 4.74 Å². The van der Waals surface area contributed by atoms with E-state index in [1.165, 1.54) is 5.56 Å². The van der Waals surface area contributed by atoms with Crippen molar-refractivity contribution in [3.8, 4) is 5.75 Å². The topological polar surface area (TPSA) is 22.1 Å². The van der Waals surface area contributed by atoms with Crippen LogP contribution in [0.25, 0.3) is 10.9 Å². The molecule has 0 bridgehead atoms. The van der Waals surface area contributed by atoms with Crippen molar-refractivity contribution in [1.82, 2.24) is 4.98 Å². The zero-order chi connectivity index (χ0) is 13.8. The number of nitrogens with zero attached hydrogens (tertiary/aromatic N) is 1. The lowest BCUT2D eigenvalue weighted by atomic mass is 10.2. The van der Waals surface area contributed by atoms with E-state index >= 15 is 0 Å². The Hall–Kier alpha value is -2.00. The lowest BCUT2D eigenvalue weighted by molar-refractivity contribution is 0.415. The Labute approximate surface area is 122 Å². The van der Waals surface area contributed by atoms with Crippen molar-refractivity contribution in [2.24, 2.45) is 0 Å². The van der Waals surface area contributed by atoms with Gasteiger partial charge >= 0.3 is 0 Å². The average Bonchev–Trinajstić information content (AvgIpc) is 2.53. The summed E-state index contributed by atoms with van der Waals surface area (Å²) in [6.45, 7) is 0. The molecule has 3 rings (SSSR count). The highest BCUT2D eigenvalue weighted by Gasteiger charge is 2.01. The summed E-state index contributed by atoms with van der Waals surface area (Å²) in [5, 5.41) is 2.15. The van der Waals surface area contributed by atoms with Crippen LogP contribution in [0.4, 0.5) is 0 Å². The van der Waals surface area contributed by atoms with Crippen molar-refractivity contribution in [2.45, 2.75) is 10.8 Å². The molecule has 2 aromatic carbocycles. The summed E-state index contributed by atoms with van der Waals surface area (Å²) in [5.74, 6) is 1.80. The second-order valence-corrected chi connectivity index (χ2v) is 5.48. The minimum atomic E-state index is 0.865. The first-order chi connectivity index (χ1) is 9.85. The van der Waals surface area contributed by atoms with E-state index in [1.54, 1.807) is 18.9 Å². The average molecular weight is 281 g/mol. The van der Waals surface area contributed by atoms with Crippen LogP contribution in [0.5, 0.6) is 5.75 Å². The smallest absolute Gasteiger partial charge is 0.119 e. The van der Waals surface area contributed by atoms with E-state index in [1.807, 2.05) is 24.3 Å². The molecular weight excluding hydrogens is 266 g/mol. The first-order valence-corrected chi connectivity index (χ1v) is 7.45. The zero-order valence-corrected chi connectivity index (χ0v) is 12.1. The maximum Gasteiger partial charge on any atom is 0.119 e. The van der Waals surface area contributed by atoms with Crippen molar-refractivity contribution in [3.05, 3.63) is 66.2 Å². The SMILES string of the molecule is COc1ccc2nc(SCc3ccccc3)ccc2c1. The molecule has 0 radical (unpaired) electrons. The Kier molecular flexibility index (Phi) is 3.88. The van der Waals surface area contributed by atoms with Crippen LogP contribution < -0.4 is 4.74 Å². The Morgan fingerprint density at radius 3 is 2.65 bits per heavy atom. The molecule has 3 aromatic rings. The summed E-state index contributed by atoms with van der Waals surface area (Å²) >= 11 is 1.76. The second kappa shape index (κ2) is 5.97. The van der Waals surface area contributed by atoms with Crippen molar-refractivity contribution >= 4 is 22.7 Å². The number of thioether (sulfide) groups is 1. The third-order valence-electron chi connectivity index (χ3n) is 3.10. The van der Waals surface area contributed by atoms with Gasteiger partial charge in [0.15, 0.2) is 0 Å². The fourth-order valence-electron chi connectivity index (χ4n) is 2.02. The van der Waals surface area contributed by atoms with Crippen LogP contribution >= 0.6 is 11.8 Å².